The van der Waals surface area contributed by atoms with E-state index in [2.05, 4.69) is 31.2 Å². The molecule has 17 heavy (non-hydrogen) atoms. The molecule has 3 N–H and O–H groups in total. The van der Waals surface area contributed by atoms with Crippen LogP contribution < -0.4 is 11.1 Å². The number of nitrogen functional groups attached to an aromatic ring is 1. The zero-order valence-corrected chi connectivity index (χ0v) is 10.3. The summed E-state index contributed by atoms with van der Waals surface area (Å²) in [6, 6.07) is 6.70. The van der Waals surface area contributed by atoms with Crippen molar-refractivity contribution in [2.75, 3.05) is 11.1 Å². The number of halogens is 1. The maximum absolute atomic E-state index is 11.9. The summed E-state index contributed by atoms with van der Waals surface area (Å²) in [4.78, 5) is 19.6. The molecule has 0 unspecified atom stereocenters. The fraction of sp³-hybridized carbons (Fsp3) is 0. The van der Waals surface area contributed by atoms with E-state index in [4.69, 9.17) is 5.73 Å². The van der Waals surface area contributed by atoms with Crippen LogP contribution in [0.3, 0.4) is 0 Å². The molecule has 0 aliphatic rings. The first-order valence-corrected chi connectivity index (χ1v) is 5.58. The normalized spacial score (nSPS) is 9.94. The number of hydrogen-bond acceptors (Lipinski definition) is 4. The molecule has 1 aromatic carbocycles. The highest BCUT2D eigenvalue weighted by Gasteiger charge is 2.10. The Morgan fingerprint density at radius 3 is 2.88 bits per heavy atom. The second-order valence-corrected chi connectivity index (χ2v) is 4.20. The fourth-order valence-corrected chi connectivity index (χ4v) is 1.63. The van der Waals surface area contributed by atoms with Gasteiger partial charge in [-0.1, -0.05) is 15.9 Å². The van der Waals surface area contributed by atoms with Crippen molar-refractivity contribution in [3.8, 4) is 0 Å². The number of anilines is 2. The molecule has 5 nitrogen and oxygen atoms in total. The summed E-state index contributed by atoms with van der Waals surface area (Å²) in [6.45, 7) is 0. The Balaban J connectivity index is 2.23. The lowest BCUT2D eigenvalue weighted by Gasteiger charge is -2.06. The van der Waals surface area contributed by atoms with Gasteiger partial charge in [0.25, 0.3) is 5.91 Å². The van der Waals surface area contributed by atoms with E-state index in [0.717, 1.165) is 4.47 Å². The summed E-state index contributed by atoms with van der Waals surface area (Å²) < 4.78 is 0.791. The Morgan fingerprint density at radius 1 is 1.35 bits per heavy atom. The van der Waals surface area contributed by atoms with Gasteiger partial charge in [0, 0.05) is 16.4 Å². The zero-order chi connectivity index (χ0) is 12.3. The van der Waals surface area contributed by atoms with Crippen molar-refractivity contribution in [2.24, 2.45) is 0 Å². The molecule has 0 fully saturated rings. The highest BCUT2D eigenvalue weighted by atomic mass is 79.9. The van der Waals surface area contributed by atoms with Crippen LogP contribution in [-0.4, -0.2) is 15.9 Å². The molecular formula is C11H9BrN4O. The minimum Gasteiger partial charge on any atom is -0.398 e. The number of nitrogens with two attached hydrogens (primary N) is 1. The predicted octanol–water partition coefficient (Wildman–Crippen LogP) is 2.07. The first-order valence-electron chi connectivity index (χ1n) is 4.79. The summed E-state index contributed by atoms with van der Waals surface area (Å²) in [5, 5.41) is 2.64. The number of carbonyl (C=O) groups excluding carboxylic acids is 1. The SMILES string of the molecule is Nc1ccc(Br)cc1C(=O)Nc1ccncn1. The van der Waals surface area contributed by atoms with Gasteiger partial charge in [-0.2, -0.15) is 0 Å². The number of rotatable bonds is 2. The lowest BCUT2D eigenvalue weighted by atomic mass is 10.1. The summed E-state index contributed by atoms with van der Waals surface area (Å²) in [7, 11) is 0. The average Bonchev–Trinajstić information content (AvgIpc) is 2.33. The van der Waals surface area contributed by atoms with Crippen molar-refractivity contribution in [3.63, 3.8) is 0 Å². The second kappa shape index (κ2) is 4.92. The van der Waals surface area contributed by atoms with Gasteiger partial charge in [-0.15, -0.1) is 0 Å². The van der Waals surface area contributed by atoms with Gasteiger partial charge in [-0.05, 0) is 24.3 Å². The van der Waals surface area contributed by atoms with E-state index in [0.29, 0.717) is 17.1 Å². The molecule has 1 aromatic heterocycles. The zero-order valence-electron chi connectivity index (χ0n) is 8.72. The van der Waals surface area contributed by atoms with Gasteiger partial charge >= 0.3 is 0 Å². The number of nitrogens with zero attached hydrogens (tertiary/aromatic N) is 2. The number of carbonyl (C=O) groups is 1. The van der Waals surface area contributed by atoms with Crippen LogP contribution in [0.25, 0.3) is 0 Å². The van der Waals surface area contributed by atoms with Crippen LogP contribution in [0, 0.1) is 0 Å². The van der Waals surface area contributed by atoms with Crippen LogP contribution in [0.5, 0.6) is 0 Å². The van der Waals surface area contributed by atoms with Crippen molar-refractivity contribution in [1.82, 2.24) is 9.97 Å². The third-order valence-electron chi connectivity index (χ3n) is 2.08. The summed E-state index contributed by atoms with van der Waals surface area (Å²) >= 11 is 3.29. The number of aromatic nitrogens is 2. The number of amides is 1. The molecule has 0 saturated carbocycles. The molecule has 1 heterocycles. The molecule has 0 bridgehead atoms. The lowest BCUT2D eigenvalue weighted by molar-refractivity contribution is 0.102. The molecule has 0 spiro atoms. The molecule has 0 radical (unpaired) electrons. The van der Waals surface area contributed by atoms with Crippen LogP contribution in [0.4, 0.5) is 11.5 Å². The van der Waals surface area contributed by atoms with E-state index in [-0.39, 0.29) is 5.91 Å². The Labute approximate surface area is 106 Å². The van der Waals surface area contributed by atoms with E-state index in [1.54, 1.807) is 30.5 Å². The smallest absolute Gasteiger partial charge is 0.258 e. The molecule has 6 heteroatoms. The van der Waals surface area contributed by atoms with E-state index in [1.807, 2.05) is 0 Å². The first kappa shape index (κ1) is 11.5. The molecule has 86 valence electrons. The lowest BCUT2D eigenvalue weighted by Crippen LogP contribution is -2.14. The fourth-order valence-electron chi connectivity index (χ4n) is 1.27. The van der Waals surface area contributed by atoms with Gasteiger partial charge in [0.1, 0.15) is 12.1 Å². The van der Waals surface area contributed by atoms with Gasteiger partial charge in [0.15, 0.2) is 0 Å². The van der Waals surface area contributed by atoms with Crippen molar-refractivity contribution in [1.29, 1.82) is 0 Å². The summed E-state index contributed by atoms with van der Waals surface area (Å²) in [5.74, 6) is 0.131. The van der Waals surface area contributed by atoms with Crippen LogP contribution in [0.2, 0.25) is 0 Å². The summed E-state index contributed by atoms with van der Waals surface area (Å²) in [5.41, 5.74) is 6.55. The first-order chi connectivity index (χ1) is 8.16. The molecular weight excluding hydrogens is 284 g/mol. The quantitative estimate of drug-likeness (QED) is 0.831. The third-order valence-corrected chi connectivity index (χ3v) is 2.58. The van der Waals surface area contributed by atoms with Crippen molar-refractivity contribution < 1.29 is 4.79 Å². The second-order valence-electron chi connectivity index (χ2n) is 3.28. The van der Waals surface area contributed by atoms with E-state index < -0.39 is 0 Å². The Bertz CT molecular complexity index is 544. The van der Waals surface area contributed by atoms with E-state index in [9.17, 15) is 4.79 Å². The third kappa shape index (κ3) is 2.79. The van der Waals surface area contributed by atoms with Crippen LogP contribution in [-0.2, 0) is 0 Å². The van der Waals surface area contributed by atoms with Crippen molar-refractivity contribution >= 4 is 33.3 Å². The molecule has 2 rings (SSSR count). The van der Waals surface area contributed by atoms with E-state index in [1.165, 1.54) is 6.33 Å². The highest BCUT2D eigenvalue weighted by molar-refractivity contribution is 9.10. The average molecular weight is 293 g/mol. The largest absolute Gasteiger partial charge is 0.398 e. The molecule has 0 aliphatic heterocycles. The molecule has 0 atom stereocenters. The van der Waals surface area contributed by atoms with Crippen LogP contribution >= 0.6 is 15.9 Å². The number of benzene rings is 1. The molecule has 0 aliphatic carbocycles. The van der Waals surface area contributed by atoms with E-state index >= 15 is 0 Å². The Hall–Kier alpha value is -1.95. The Morgan fingerprint density at radius 2 is 2.18 bits per heavy atom. The number of nitrogens with one attached hydrogen (secondary N) is 1. The predicted molar refractivity (Wildman–Crippen MR) is 68.5 cm³/mol. The summed E-state index contributed by atoms with van der Waals surface area (Å²) in [6.07, 6.45) is 2.91. The van der Waals surface area contributed by atoms with Gasteiger partial charge in [-0.3, -0.25) is 4.79 Å². The minimum absolute atomic E-state index is 0.303. The maximum atomic E-state index is 11.9. The standard InChI is InChI=1S/C11H9BrN4O/c12-7-1-2-9(13)8(5-7)11(17)16-10-3-4-14-6-15-10/h1-6H,13H2,(H,14,15,16,17). The maximum Gasteiger partial charge on any atom is 0.258 e. The monoisotopic (exact) mass is 292 g/mol. The van der Waals surface area contributed by atoms with Crippen molar-refractivity contribution in [3.05, 3.63) is 46.8 Å². The Kier molecular flexibility index (Phi) is 3.34. The van der Waals surface area contributed by atoms with Crippen molar-refractivity contribution in [2.45, 2.75) is 0 Å². The van der Waals surface area contributed by atoms with Crippen LogP contribution in [0.1, 0.15) is 10.4 Å². The van der Waals surface area contributed by atoms with Gasteiger partial charge in [-0.25, -0.2) is 9.97 Å². The molecule has 1 amide bonds. The number of hydrogen-bond donors (Lipinski definition) is 2. The highest BCUT2D eigenvalue weighted by Crippen LogP contribution is 2.19. The van der Waals surface area contributed by atoms with Gasteiger partial charge in [0.05, 0.1) is 5.56 Å². The topological polar surface area (TPSA) is 80.9 Å². The van der Waals surface area contributed by atoms with Gasteiger partial charge in [0.2, 0.25) is 0 Å². The minimum atomic E-state index is -0.303. The van der Waals surface area contributed by atoms with Gasteiger partial charge < -0.3 is 11.1 Å². The van der Waals surface area contributed by atoms with Crippen LogP contribution in [0.15, 0.2) is 41.3 Å². The molecule has 2 aromatic rings. The molecule has 0 saturated heterocycles.